The number of hydrogen-bond donors (Lipinski definition) is 0. The number of morpholine rings is 1. The molecule has 5 heterocycles. The third-order valence-electron chi connectivity index (χ3n) is 5.68. The Bertz CT molecular complexity index is 1230. The molecule has 0 amide bonds. The van der Waals surface area contributed by atoms with Gasteiger partial charge in [-0.3, -0.25) is 9.39 Å². The molecule has 0 spiro atoms. The molecule has 2 atom stereocenters. The highest BCUT2D eigenvalue weighted by atomic mass is 19.4. The lowest BCUT2D eigenvalue weighted by molar-refractivity contribution is -0.137. The predicted molar refractivity (Wildman–Crippen MR) is 114 cm³/mol. The highest BCUT2D eigenvalue weighted by Gasteiger charge is 2.32. The summed E-state index contributed by atoms with van der Waals surface area (Å²) in [7, 11) is 0. The summed E-state index contributed by atoms with van der Waals surface area (Å²) >= 11 is 0. The smallest absolute Gasteiger partial charge is 0.367 e. The van der Waals surface area contributed by atoms with E-state index in [0.717, 1.165) is 17.8 Å². The molecule has 0 unspecified atom stereocenters. The van der Waals surface area contributed by atoms with Gasteiger partial charge in [0.2, 0.25) is 5.95 Å². The van der Waals surface area contributed by atoms with Crippen LogP contribution in [0.2, 0.25) is 0 Å². The van der Waals surface area contributed by atoms with E-state index in [9.17, 15) is 13.2 Å². The van der Waals surface area contributed by atoms with Crippen molar-refractivity contribution in [2.24, 2.45) is 4.99 Å². The second-order valence-electron chi connectivity index (χ2n) is 8.07. The number of hydrogen-bond acceptors (Lipinski definition) is 6. The molecule has 2 aliphatic heterocycles. The normalized spacial score (nSPS) is 21.7. The molecular weight excluding hydrogens is 421 g/mol. The van der Waals surface area contributed by atoms with E-state index in [1.165, 1.54) is 22.2 Å². The minimum absolute atomic E-state index is 0.0413. The van der Waals surface area contributed by atoms with E-state index in [0.29, 0.717) is 42.6 Å². The Morgan fingerprint density at radius 2 is 1.97 bits per heavy atom. The van der Waals surface area contributed by atoms with Gasteiger partial charge in [-0.25, -0.2) is 15.0 Å². The highest BCUT2D eigenvalue weighted by molar-refractivity contribution is 5.84. The molecule has 0 saturated carbocycles. The number of rotatable bonds is 3. The van der Waals surface area contributed by atoms with Crippen molar-refractivity contribution in [3.8, 4) is 11.4 Å². The van der Waals surface area contributed by atoms with Crippen molar-refractivity contribution in [2.45, 2.75) is 32.2 Å². The minimum atomic E-state index is -4.44. The first-order valence-electron chi connectivity index (χ1n) is 10.3. The van der Waals surface area contributed by atoms with E-state index >= 15 is 0 Å². The number of aromatic nitrogens is 4. The van der Waals surface area contributed by atoms with E-state index in [-0.39, 0.29) is 12.2 Å². The van der Waals surface area contributed by atoms with Gasteiger partial charge in [-0.1, -0.05) is 0 Å². The van der Waals surface area contributed by atoms with Crippen LogP contribution in [0, 0.1) is 0 Å². The van der Waals surface area contributed by atoms with Crippen LogP contribution < -0.4 is 4.90 Å². The van der Waals surface area contributed by atoms with Crippen molar-refractivity contribution in [1.29, 1.82) is 0 Å². The van der Waals surface area contributed by atoms with Crippen LogP contribution in [0.15, 0.2) is 52.9 Å². The molecule has 10 heteroatoms. The number of aliphatic imine (C=N–C) groups is 1. The maximum atomic E-state index is 13.2. The van der Waals surface area contributed by atoms with Gasteiger partial charge in [0, 0.05) is 30.7 Å². The third-order valence-corrected chi connectivity index (χ3v) is 5.68. The van der Waals surface area contributed by atoms with Crippen LogP contribution in [0.4, 0.5) is 19.1 Å². The zero-order valence-electron chi connectivity index (χ0n) is 17.5. The second-order valence-corrected chi connectivity index (χ2v) is 8.07. The molecule has 3 aromatic rings. The van der Waals surface area contributed by atoms with Crippen molar-refractivity contribution in [1.82, 2.24) is 19.4 Å². The van der Waals surface area contributed by atoms with Gasteiger partial charge >= 0.3 is 6.18 Å². The summed E-state index contributed by atoms with van der Waals surface area (Å²) in [5.41, 5.74) is 2.90. The number of imidazole rings is 1. The number of nitrogens with zero attached hydrogens (tertiary/aromatic N) is 6. The first-order valence-corrected chi connectivity index (χ1v) is 10.3. The van der Waals surface area contributed by atoms with Gasteiger partial charge in [0.15, 0.2) is 0 Å². The Hall–Kier alpha value is -3.27. The SMILES string of the molecule is CC1=C([C@@H]2CN(c3nccc(-c4cnc5ccc(C(F)(F)F)cn45)n3)C[C@H](C)O2)C=NC1. The van der Waals surface area contributed by atoms with Crippen molar-refractivity contribution in [3.63, 3.8) is 0 Å². The summed E-state index contributed by atoms with van der Waals surface area (Å²) in [6.45, 7) is 5.90. The van der Waals surface area contributed by atoms with Crippen LogP contribution in [0.25, 0.3) is 17.0 Å². The average Bonchev–Trinajstić information content (AvgIpc) is 3.38. The Morgan fingerprint density at radius 3 is 2.72 bits per heavy atom. The van der Waals surface area contributed by atoms with E-state index in [1.54, 1.807) is 12.3 Å². The molecule has 7 nitrogen and oxygen atoms in total. The van der Waals surface area contributed by atoms with E-state index in [4.69, 9.17) is 4.74 Å². The second kappa shape index (κ2) is 7.70. The fraction of sp³-hybridized carbons (Fsp3) is 0.364. The third kappa shape index (κ3) is 3.75. The maximum absolute atomic E-state index is 13.2. The molecule has 5 rings (SSSR count). The van der Waals surface area contributed by atoms with E-state index < -0.39 is 11.7 Å². The molecule has 0 aromatic carbocycles. The van der Waals surface area contributed by atoms with Gasteiger partial charge < -0.3 is 9.64 Å². The van der Waals surface area contributed by atoms with Gasteiger partial charge in [-0.2, -0.15) is 13.2 Å². The minimum Gasteiger partial charge on any atom is -0.367 e. The zero-order valence-corrected chi connectivity index (χ0v) is 17.5. The van der Waals surface area contributed by atoms with Crippen LogP contribution in [0.5, 0.6) is 0 Å². The lowest BCUT2D eigenvalue weighted by atomic mass is 10.0. The first-order chi connectivity index (χ1) is 15.3. The standard InChI is InChI=1S/C22H21F3N6O/c1-13-7-26-8-16(13)19-12-30(10-14(2)32-19)21-27-6-5-17(29-21)18-9-28-20-4-3-15(11-31(18)20)22(23,24)25/h3-6,8-9,11,14,19H,7,10,12H2,1-2H3/t14-,19-/m0/s1. The molecule has 166 valence electrons. The van der Waals surface area contributed by atoms with Gasteiger partial charge in [-0.05, 0) is 37.6 Å². The lowest BCUT2D eigenvalue weighted by Gasteiger charge is -2.37. The van der Waals surface area contributed by atoms with Crippen molar-refractivity contribution in [2.75, 3.05) is 24.5 Å². The molecule has 32 heavy (non-hydrogen) atoms. The van der Waals surface area contributed by atoms with Crippen molar-refractivity contribution < 1.29 is 17.9 Å². The number of ether oxygens (including phenoxy) is 1. The van der Waals surface area contributed by atoms with Crippen LogP contribution in [0.1, 0.15) is 19.4 Å². The largest absolute Gasteiger partial charge is 0.417 e. The van der Waals surface area contributed by atoms with Gasteiger partial charge in [0.25, 0.3) is 0 Å². The summed E-state index contributed by atoms with van der Waals surface area (Å²) in [4.78, 5) is 19.7. The topological polar surface area (TPSA) is 67.9 Å². The van der Waals surface area contributed by atoms with Crippen LogP contribution >= 0.6 is 0 Å². The molecular formula is C22H21F3N6O. The Labute approximate surface area is 182 Å². The molecule has 3 aromatic heterocycles. The van der Waals surface area contributed by atoms with E-state index in [1.807, 2.05) is 25.0 Å². The first kappa shape index (κ1) is 20.6. The van der Waals surface area contributed by atoms with E-state index in [2.05, 4.69) is 19.9 Å². The Morgan fingerprint density at radius 1 is 1.12 bits per heavy atom. The fourth-order valence-electron chi connectivity index (χ4n) is 4.11. The van der Waals surface area contributed by atoms with Crippen LogP contribution in [-0.2, 0) is 10.9 Å². The summed E-state index contributed by atoms with van der Waals surface area (Å²) in [6, 6.07) is 4.04. The van der Waals surface area contributed by atoms with Gasteiger partial charge in [0.05, 0.1) is 42.3 Å². The average molecular weight is 442 g/mol. The molecule has 0 bridgehead atoms. The number of pyridine rings is 1. The molecule has 0 radical (unpaired) electrons. The Balaban J connectivity index is 1.49. The van der Waals surface area contributed by atoms with Crippen molar-refractivity contribution in [3.05, 3.63) is 53.5 Å². The summed E-state index contributed by atoms with van der Waals surface area (Å²) in [6.07, 6.45) is 1.42. The zero-order chi connectivity index (χ0) is 22.5. The molecule has 2 aliphatic rings. The Kier molecular flexibility index (Phi) is 4.96. The molecule has 1 saturated heterocycles. The molecule has 0 aliphatic carbocycles. The predicted octanol–water partition coefficient (Wildman–Crippen LogP) is 3.80. The highest BCUT2D eigenvalue weighted by Crippen LogP contribution is 2.31. The fourth-order valence-corrected chi connectivity index (χ4v) is 4.11. The van der Waals surface area contributed by atoms with Gasteiger partial charge in [-0.15, -0.1) is 0 Å². The molecule has 1 fully saturated rings. The van der Waals surface area contributed by atoms with Crippen LogP contribution in [0.3, 0.4) is 0 Å². The summed E-state index contributed by atoms with van der Waals surface area (Å²) < 4.78 is 47.1. The molecule has 0 N–H and O–H groups in total. The maximum Gasteiger partial charge on any atom is 0.417 e. The number of anilines is 1. The summed E-state index contributed by atoms with van der Waals surface area (Å²) in [5, 5.41) is 0. The monoisotopic (exact) mass is 442 g/mol. The van der Waals surface area contributed by atoms with Crippen LogP contribution in [-0.4, -0.2) is 57.4 Å². The van der Waals surface area contributed by atoms with Crippen molar-refractivity contribution >= 4 is 17.8 Å². The number of halogens is 3. The van der Waals surface area contributed by atoms with Gasteiger partial charge in [0.1, 0.15) is 11.8 Å². The number of alkyl halides is 3. The summed E-state index contributed by atoms with van der Waals surface area (Å²) in [5.74, 6) is 0.498. The quantitative estimate of drug-likeness (QED) is 0.617. The lowest BCUT2D eigenvalue weighted by Crippen LogP contribution is -2.48. The number of fused-ring (bicyclic) bond motifs is 1.